The standard InChI is InChI=1S/C17H22N2O2/c1-11(2)10-20-14-7-5-13(6-8-14)16-15(9-12-3-4-12)19-21-17(16)18/h5-8,11-12H,3-4,9-10,18H2,1-2H3. The van der Waals surface area contributed by atoms with Crippen LogP contribution in [0.1, 0.15) is 32.4 Å². The van der Waals surface area contributed by atoms with Gasteiger partial charge in [-0.2, -0.15) is 0 Å². The van der Waals surface area contributed by atoms with E-state index in [0.717, 1.165) is 41.5 Å². The first-order chi connectivity index (χ1) is 10.1. The van der Waals surface area contributed by atoms with Crippen molar-refractivity contribution in [1.29, 1.82) is 0 Å². The average molecular weight is 286 g/mol. The Bertz CT molecular complexity index is 598. The first-order valence-electron chi connectivity index (χ1n) is 7.60. The summed E-state index contributed by atoms with van der Waals surface area (Å²) in [6.07, 6.45) is 3.53. The van der Waals surface area contributed by atoms with Crippen molar-refractivity contribution in [2.24, 2.45) is 11.8 Å². The number of nitrogens with zero attached hydrogens (tertiary/aromatic N) is 1. The molecule has 112 valence electrons. The molecule has 1 aromatic heterocycles. The lowest BCUT2D eigenvalue weighted by Crippen LogP contribution is -2.04. The van der Waals surface area contributed by atoms with Gasteiger partial charge in [-0.3, -0.25) is 0 Å². The molecule has 0 unspecified atom stereocenters. The molecule has 1 heterocycles. The largest absolute Gasteiger partial charge is 0.493 e. The van der Waals surface area contributed by atoms with Gasteiger partial charge < -0.3 is 15.0 Å². The van der Waals surface area contributed by atoms with Gasteiger partial charge in [-0.15, -0.1) is 0 Å². The highest BCUT2D eigenvalue weighted by Gasteiger charge is 2.26. The fourth-order valence-corrected chi connectivity index (χ4v) is 2.36. The molecule has 1 aliphatic rings. The number of anilines is 1. The van der Waals surface area contributed by atoms with Crippen molar-refractivity contribution in [3.05, 3.63) is 30.0 Å². The highest BCUT2D eigenvalue weighted by atomic mass is 16.5. The molecule has 2 N–H and O–H groups in total. The van der Waals surface area contributed by atoms with Crippen molar-refractivity contribution in [3.63, 3.8) is 0 Å². The Hall–Kier alpha value is -1.97. The fourth-order valence-electron chi connectivity index (χ4n) is 2.36. The Labute approximate surface area is 125 Å². The molecule has 0 saturated heterocycles. The molecule has 0 amide bonds. The molecule has 0 aliphatic heterocycles. The van der Waals surface area contributed by atoms with Crippen LogP contribution in [0.2, 0.25) is 0 Å². The van der Waals surface area contributed by atoms with Crippen molar-refractivity contribution >= 4 is 5.88 Å². The minimum atomic E-state index is 0.404. The van der Waals surface area contributed by atoms with Crippen molar-refractivity contribution < 1.29 is 9.26 Å². The zero-order valence-electron chi connectivity index (χ0n) is 12.6. The molecule has 0 atom stereocenters. The molecule has 4 heteroatoms. The summed E-state index contributed by atoms with van der Waals surface area (Å²) in [6.45, 7) is 4.99. The van der Waals surface area contributed by atoms with Crippen molar-refractivity contribution in [2.75, 3.05) is 12.3 Å². The van der Waals surface area contributed by atoms with Crippen molar-refractivity contribution in [3.8, 4) is 16.9 Å². The van der Waals surface area contributed by atoms with Gasteiger partial charge in [-0.1, -0.05) is 31.1 Å². The molecule has 1 saturated carbocycles. The van der Waals surface area contributed by atoms with E-state index in [-0.39, 0.29) is 0 Å². The smallest absolute Gasteiger partial charge is 0.230 e. The van der Waals surface area contributed by atoms with Gasteiger partial charge in [0.25, 0.3) is 0 Å². The number of aromatic nitrogens is 1. The van der Waals surface area contributed by atoms with Gasteiger partial charge in [0.1, 0.15) is 5.75 Å². The van der Waals surface area contributed by atoms with Crippen LogP contribution in [-0.2, 0) is 6.42 Å². The highest BCUT2D eigenvalue weighted by molar-refractivity contribution is 5.75. The van der Waals surface area contributed by atoms with E-state index in [4.69, 9.17) is 15.0 Å². The van der Waals surface area contributed by atoms with E-state index in [9.17, 15) is 0 Å². The molecule has 2 aromatic rings. The van der Waals surface area contributed by atoms with Crippen LogP contribution in [-0.4, -0.2) is 11.8 Å². The number of nitrogens with two attached hydrogens (primary N) is 1. The Morgan fingerprint density at radius 3 is 2.62 bits per heavy atom. The third-order valence-electron chi connectivity index (χ3n) is 3.69. The third-order valence-corrected chi connectivity index (χ3v) is 3.69. The maximum absolute atomic E-state index is 5.95. The van der Waals surface area contributed by atoms with Crippen LogP contribution in [0.5, 0.6) is 5.75 Å². The quantitative estimate of drug-likeness (QED) is 0.874. The Morgan fingerprint density at radius 2 is 2.00 bits per heavy atom. The van der Waals surface area contributed by atoms with Crippen LogP contribution < -0.4 is 10.5 Å². The molecule has 4 nitrogen and oxygen atoms in total. The molecule has 1 aliphatic carbocycles. The van der Waals surface area contributed by atoms with Crippen LogP contribution in [0.15, 0.2) is 28.8 Å². The predicted octanol–water partition coefficient (Wildman–Crippen LogP) is 3.91. The second-order valence-corrected chi connectivity index (χ2v) is 6.25. The summed E-state index contributed by atoms with van der Waals surface area (Å²) in [5.74, 6) is 2.55. The maximum atomic E-state index is 5.95. The molecule has 1 aromatic carbocycles. The van der Waals surface area contributed by atoms with E-state index >= 15 is 0 Å². The second-order valence-electron chi connectivity index (χ2n) is 6.25. The van der Waals surface area contributed by atoms with E-state index < -0.39 is 0 Å². The molecule has 1 fully saturated rings. The maximum Gasteiger partial charge on any atom is 0.230 e. The van der Waals surface area contributed by atoms with E-state index in [2.05, 4.69) is 19.0 Å². The Kier molecular flexibility index (Phi) is 3.86. The van der Waals surface area contributed by atoms with Crippen molar-refractivity contribution in [1.82, 2.24) is 5.16 Å². The Balaban J connectivity index is 1.78. The fraction of sp³-hybridized carbons (Fsp3) is 0.471. The van der Waals surface area contributed by atoms with E-state index in [0.29, 0.717) is 11.8 Å². The predicted molar refractivity (Wildman–Crippen MR) is 83.1 cm³/mol. The molecular weight excluding hydrogens is 264 g/mol. The lowest BCUT2D eigenvalue weighted by Gasteiger charge is -2.09. The van der Waals surface area contributed by atoms with Crippen LogP contribution in [0.25, 0.3) is 11.1 Å². The zero-order valence-corrected chi connectivity index (χ0v) is 12.6. The van der Waals surface area contributed by atoms with Crippen LogP contribution in [0, 0.1) is 11.8 Å². The van der Waals surface area contributed by atoms with Crippen LogP contribution in [0.4, 0.5) is 5.88 Å². The second kappa shape index (κ2) is 5.80. The summed E-state index contributed by atoms with van der Waals surface area (Å²) >= 11 is 0. The summed E-state index contributed by atoms with van der Waals surface area (Å²) in [6, 6.07) is 8.00. The molecule has 3 rings (SSSR count). The van der Waals surface area contributed by atoms with E-state index in [1.54, 1.807) is 0 Å². The lowest BCUT2D eigenvalue weighted by molar-refractivity contribution is 0.271. The van der Waals surface area contributed by atoms with Gasteiger partial charge in [0.05, 0.1) is 17.9 Å². The number of hydrogen-bond donors (Lipinski definition) is 1. The van der Waals surface area contributed by atoms with Gasteiger partial charge in [0.15, 0.2) is 0 Å². The minimum absolute atomic E-state index is 0.404. The van der Waals surface area contributed by atoms with Crippen LogP contribution in [0.3, 0.4) is 0 Å². The SMILES string of the molecule is CC(C)COc1ccc(-c2c(CC3CC3)noc2N)cc1. The minimum Gasteiger partial charge on any atom is -0.493 e. The number of hydrogen-bond acceptors (Lipinski definition) is 4. The first kappa shape index (κ1) is 14.0. The summed E-state index contributed by atoms with van der Waals surface area (Å²) in [5, 5.41) is 4.12. The van der Waals surface area contributed by atoms with E-state index in [1.807, 2.05) is 24.3 Å². The van der Waals surface area contributed by atoms with Crippen molar-refractivity contribution in [2.45, 2.75) is 33.1 Å². The first-order valence-corrected chi connectivity index (χ1v) is 7.60. The number of nitrogen functional groups attached to an aromatic ring is 1. The number of rotatable bonds is 6. The van der Waals surface area contributed by atoms with Gasteiger partial charge in [0.2, 0.25) is 5.88 Å². The Morgan fingerprint density at radius 1 is 1.29 bits per heavy atom. The number of ether oxygens (including phenoxy) is 1. The van der Waals surface area contributed by atoms with Gasteiger partial charge >= 0.3 is 0 Å². The summed E-state index contributed by atoms with van der Waals surface area (Å²) in [5.41, 5.74) is 8.91. The van der Waals surface area contributed by atoms with Crippen LogP contribution >= 0.6 is 0 Å². The molecule has 21 heavy (non-hydrogen) atoms. The molecular formula is C17H22N2O2. The normalized spacial score (nSPS) is 14.6. The topological polar surface area (TPSA) is 61.3 Å². The molecule has 0 spiro atoms. The average Bonchev–Trinajstić information content (AvgIpc) is 3.20. The zero-order chi connectivity index (χ0) is 14.8. The van der Waals surface area contributed by atoms with E-state index in [1.165, 1.54) is 12.8 Å². The van der Waals surface area contributed by atoms with Gasteiger partial charge in [-0.25, -0.2) is 0 Å². The van der Waals surface area contributed by atoms with Gasteiger partial charge in [-0.05, 0) is 48.8 Å². The lowest BCUT2D eigenvalue weighted by atomic mass is 10.0. The summed E-state index contributed by atoms with van der Waals surface area (Å²) in [4.78, 5) is 0. The number of benzene rings is 1. The van der Waals surface area contributed by atoms with Gasteiger partial charge in [0, 0.05) is 0 Å². The molecule has 0 radical (unpaired) electrons. The monoisotopic (exact) mass is 286 g/mol. The summed E-state index contributed by atoms with van der Waals surface area (Å²) in [7, 11) is 0. The summed E-state index contributed by atoms with van der Waals surface area (Å²) < 4.78 is 10.9. The highest BCUT2D eigenvalue weighted by Crippen LogP contribution is 2.38. The third kappa shape index (κ3) is 3.38. The molecule has 0 bridgehead atoms.